The van der Waals surface area contributed by atoms with E-state index in [-0.39, 0.29) is 11.6 Å². The third-order valence-electron chi connectivity index (χ3n) is 4.12. The first-order valence-electron chi connectivity index (χ1n) is 8.54. The highest BCUT2D eigenvalue weighted by Gasteiger charge is 2.17. The van der Waals surface area contributed by atoms with Gasteiger partial charge in [0.05, 0.1) is 4.92 Å². The van der Waals surface area contributed by atoms with Crippen LogP contribution in [0.5, 0.6) is 0 Å². The first kappa shape index (κ1) is 22.0. The van der Waals surface area contributed by atoms with Crippen molar-refractivity contribution < 1.29 is 29.5 Å². The number of aliphatic carboxylic acids is 2. The van der Waals surface area contributed by atoms with Gasteiger partial charge >= 0.3 is 11.9 Å². The molecule has 0 bridgehead atoms. The van der Waals surface area contributed by atoms with E-state index in [1.807, 2.05) is 11.3 Å². The van der Waals surface area contributed by atoms with Crippen molar-refractivity contribution >= 4 is 34.9 Å². The number of amides is 1. The van der Waals surface area contributed by atoms with Crippen LogP contribution in [-0.4, -0.2) is 57.5 Å². The molecule has 1 amide bonds. The number of nitrogens with zero attached hydrogens (tertiary/aromatic N) is 2. The van der Waals surface area contributed by atoms with Crippen LogP contribution in [0.1, 0.15) is 20.8 Å². The van der Waals surface area contributed by atoms with Crippen molar-refractivity contribution in [2.45, 2.75) is 13.0 Å². The van der Waals surface area contributed by atoms with Crippen molar-refractivity contribution in [3.8, 4) is 0 Å². The van der Waals surface area contributed by atoms with E-state index >= 15 is 0 Å². The maximum atomic E-state index is 12.0. The Hall–Kier alpha value is -3.31. The number of rotatable bonds is 5. The second-order valence-corrected chi connectivity index (χ2v) is 7.07. The van der Waals surface area contributed by atoms with E-state index in [9.17, 15) is 14.9 Å². The number of carbonyl (C=O) groups excluding carboxylic acids is 1. The summed E-state index contributed by atoms with van der Waals surface area (Å²) in [6.45, 7) is 3.32. The third-order valence-corrected chi connectivity index (χ3v) is 5.15. The Labute approximate surface area is 169 Å². The van der Waals surface area contributed by atoms with Gasteiger partial charge in [0, 0.05) is 48.8 Å². The molecule has 29 heavy (non-hydrogen) atoms. The van der Waals surface area contributed by atoms with E-state index in [0.717, 1.165) is 26.1 Å². The smallest absolute Gasteiger partial charge is 0.414 e. The van der Waals surface area contributed by atoms with Crippen LogP contribution in [0.4, 0.5) is 5.69 Å². The zero-order valence-corrected chi connectivity index (χ0v) is 16.1. The number of nitro groups is 1. The predicted octanol–water partition coefficient (Wildman–Crippen LogP) is 1.60. The Morgan fingerprint density at radius 3 is 2.38 bits per heavy atom. The lowest BCUT2D eigenvalue weighted by Gasteiger charge is -2.26. The van der Waals surface area contributed by atoms with E-state index in [1.165, 1.54) is 34.7 Å². The van der Waals surface area contributed by atoms with Crippen LogP contribution in [0.15, 0.2) is 35.7 Å². The lowest BCUT2D eigenvalue weighted by atomic mass is 10.1. The molecular weight excluding hydrogens is 402 g/mol. The van der Waals surface area contributed by atoms with E-state index in [4.69, 9.17) is 19.8 Å². The molecule has 0 aliphatic carbocycles. The minimum Gasteiger partial charge on any atom is -0.473 e. The lowest BCUT2D eigenvalue weighted by Crippen LogP contribution is -2.37. The molecular formula is C18H19N3O7S. The molecule has 1 aliphatic heterocycles. The fraction of sp³-hybridized carbons (Fsp3) is 0.278. The Bertz CT molecular complexity index is 883. The van der Waals surface area contributed by atoms with Gasteiger partial charge < -0.3 is 15.5 Å². The second kappa shape index (κ2) is 10.3. The number of nitro benzene ring substituents is 1. The fourth-order valence-corrected chi connectivity index (χ4v) is 3.55. The number of thiophene rings is 1. The van der Waals surface area contributed by atoms with Gasteiger partial charge in [-0.15, -0.1) is 11.3 Å². The molecule has 0 saturated carbocycles. The van der Waals surface area contributed by atoms with Gasteiger partial charge in [0.25, 0.3) is 11.6 Å². The lowest BCUT2D eigenvalue weighted by molar-refractivity contribution is -0.384. The number of hydrogen-bond donors (Lipinski definition) is 3. The van der Waals surface area contributed by atoms with Crippen LogP contribution < -0.4 is 5.32 Å². The van der Waals surface area contributed by atoms with Gasteiger partial charge in [-0.05, 0) is 35.6 Å². The van der Waals surface area contributed by atoms with Crippen LogP contribution in [0, 0.1) is 10.1 Å². The summed E-state index contributed by atoms with van der Waals surface area (Å²) in [5, 5.41) is 30.4. The molecule has 2 aromatic rings. The summed E-state index contributed by atoms with van der Waals surface area (Å²) in [4.78, 5) is 44.1. The molecule has 0 spiro atoms. The molecule has 1 aromatic carbocycles. The van der Waals surface area contributed by atoms with Crippen molar-refractivity contribution in [1.82, 2.24) is 10.2 Å². The van der Waals surface area contributed by atoms with Crippen molar-refractivity contribution in [2.24, 2.45) is 0 Å². The number of non-ortho nitro benzene ring substituents is 1. The molecule has 11 heteroatoms. The van der Waals surface area contributed by atoms with E-state index in [0.29, 0.717) is 12.1 Å². The predicted molar refractivity (Wildman–Crippen MR) is 104 cm³/mol. The van der Waals surface area contributed by atoms with Crippen LogP contribution in [0.2, 0.25) is 0 Å². The zero-order chi connectivity index (χ0) is 21.4. The standard InChI is InChI=1S/C16H17N3O3S.C2H2O4/c20-16(12-1-3-14(4-2-12)19(21)22)17-7-9-18-8-5-15-13(11-18)6-10-23-15;3-1(4)2(5)6/h1-4,6,10H,5,7-9,11H2,(H,17,20);(H,3,4)(H,5,6). The molecule has 0 radical (unpaired) electrons. The fourth-order valence-electron chi connectivity index (χ4n) is 2.66. The molecule has 10 nitrogen and oxygen atoms in total. The summed E-state index contributed by atoms with van der Waals surface area (Å²) >= 11 is 1.81. The van der Waals surface area contributed by atoms with Gasteiger partial charge in [-0.25, -0.2) is 9.59 Å². The quantitative estimate of drug-likeness (QED) is 0.374. The first-order chi connectivity index (χ1) is 13.8. The molecule has 1 aromatic heterocycles. The average molecular weight is 421 g/mol. The minimum atomic E-state index is -1.82. The number of nitrogens with one attached hydrogen (secondary N) is 1. The maximum Gasteiger partial charge on any atom is 0.414 e. The van der Waals surface area contributed by atoms with Gasteiger partial charge in [0.2, 0.25) is 0 Å². The van der Waals surface area contributed by atoms with Gasteiger partial charge in [-0.2, -0.15) is 0 Å². The molecule has 0 saturated heterocycles. The maximum absolute atomic E-state index is 12.0. The van der Waals surface area contributed by atoms with Crippen molar-refractivity contribution in [1.29, 1.82) is 0 Å². The normalized spacial score (nSPS) is 12.8. The highest BCUT2D eigenvalue weighted by Crippen LogP contribution is 2.23. The summed E-state index contributed by atoms with van der Waals surface area (Å²) < 4.78 is 0. The highest BCUT2D eigenvalue weighted by molar-refractivity contribution is 7.10. The van der Waals surface area contributed by atoms with Gasteiger partial charge in [-0.1, -0.05) is 0 Å². The Kier molecular flexibility index (Phi) is 7.80. The van der Waals surface area contributed by atoms with Crippen LogP contribution in [0.3, 0.4) is 0 Å². The molecule has 0 atom stereocenters. The second-order valence-electron chi connectivity index (χ2n) is 6.07. The number of carboxylic acid groups (broad SMARTS) is 2. The van der Waals surface area contributed by atoms with Crippen molar-refractivity contribution in [2.75, 3.05) is 19.6 Å². The van der Waals surface area contributed by atoms with E-state index < -0.39 is 16.9 Å². The summed E-state index contributed by atoms with van der Waals surface area (Å²) in [6, 6.07) is 7.81. The molecule has 3 rings (SSSR count). The largest absolute Gasteiger partial charge is 0.473 e. The van der Waals surface area contributed by atoms with Crippen molar-refractivity contribution in [3.05, 3.63) is 61.8 Å². The average Bonchev–Trinajstić information content (AvgIpc) is 3.16. The number of benzene rings is 1. The Morgan fingerprint density at radius 2 is 1.79 bits per heavy atom. The van der Waals surface area contributed by atoms with Crippen LogP contribution >= 0.6 is 11.3 Å². The molecule has 0 unspecified atom stereocenters. The molecule has 3 N–H and O–H groups in total. The molecule has 1 aliphatic rings. The van der Waals surface area contributed by atoms with Gasteiger partial charge in [0.15, 0.2) is 0 Å². The number of hydrogen-bond acceptors (Lipinski definition) is 7. The first-order valence-corrected chi connectivity index (χ1v) is 9.42. The SMILES string of the molecule is O=C(NCCN1CCc2sccc2C1)c1ccc([N+](=O)[O-])cc1.O=C(O)C(=O)O. The van der Waals surface area contributed by atoms with Crippen molar-refractivity contribution in [3.63, 3.8) is 0 Å². The van der Waals surface area contributed by atoms with E-state index in [2.05, 4.69) is 21.7 Å². The molecule has 2 heterocycles. The third kappa shape index (κ3) is 6.66. The van der Waals surface area contributed by atoms with E-state index in [1.54, 1.807) is 0 Å². The highest BCUT2D eigenvalue weighted by atomic mass is 32.1. The Morgan fingerprint density at radius 1 is 1.14 bits per heavy atom. The monoisotopic (exact) mass is 421 g/mol. The van der Waals surface area contributed by atoms with Crippen LogP contribution in [0.25, 0.3) is 0 Å². The van der Waals surface area contributed by atoms with Gasteiger partial charge in [0.1, 0.15) is 0 Å². The number of carboxylic acids is 2. The Balaban J connectivity index is 0.000000438. The summed E-state index contributed by atoms with van der Waals surface area (Å²) in [6.07, 6.45) is 1.07. The number of fused-ring (bicyclic) bond motifs is 1. The zero-order valence-electron chi connectivity index (χ0n) is 15.2. The molecule has 0 fully saturated rings. The minimum absolute atomic E-state index is 0.0126. The number of carbonyl (C=O) groups is 3. The topological polar surface area (TPSA) is 150 Å². The molecule has 154 valence electrons. The summed E-state index contributed by atoms with van der Waals surface area (Å²) in [7, 11) is 0. The summed E-state index contributed by atoms with van der Waals surface area (Å²) in [5.74, 6) is -3.85. The van der Waals surface area contributed by atoms with Gasteiger partial charge in [-0.3, -0.25) is 19.8 Å². The summed E-state index contributed by atoms with van der Waals surface area (Å²) in [5.41, 5.74) is 1.82. The van der Waals surface area contributed by atoms with Crippen LogP contribution in [-0.2, 0) is 22.6 Å².